The molecule has 1 aliphatic rings. The van der Waals surface area contributed by atoms with Crippen molar-refractivity contribution in [2.45, 2.75) is 51.2 Å². The summed E-state index contributed by atoms with van der Waals surface area (Å²) in [5, 5.41) is 5.55. The Hall–Kier alpha value is -4.98. The van der Waals surface area contributed by atoms with E-state index in [-0.39, 0.29) is 34.7 Å². The number of sulfonamides is 1. The lowest BCUT2D eigenvalue weighted by atomic mass is 9.87. The monoisotopic (exact) mass is 710 g/mol. The van der Waals surface area contributed by atoms with E-state index >= 15 is 4.39 Å². The van der Waals surface area contributed by atoms with Gasteiger partial charge < -0.3 is 24.7 Å². The molecule has 11 nitrogen and oxygen atoms in total. The first-order valence-corrected chi connectivity index (χ1v) is 17.9. The molecule has 0 saturated carbocycles. The van der Waals surface area contributed by atoms with Gasteiger partial charge in [-0.3, -0.25) is 13.9 Å². The summed E-state index contributed by atoms with van der Waals surface area (Å²) in [5.41, 5.74) is 0.733. The van der Waals surface area contributed by atoms with Crippen LogP contribution in [0.15, 0.2) is 65.1 Å². The second kappa shape index (κ2) is 14.1. The number of ether oxygens (including phenoxy) is 1. The third kappa shape index (κ3) is 7.75. The number of hydrogen-bond acceptors (Lipinski definition) is 7. The molecule has 4 aromatic rings. The number of anilines is 1. The Balaban J connectivity index is 1.60. The Morgan fingerprint density at radius 2 is 1.74 bits per heavy atom. The summed E-state index contributed by atoms with van der Waals surface area (Å²) in [6.07, 6.45) is 1.21. The number of benzene rings is 3. The quantitative estimate of drug-likeness (QED) is 0.225. The highest BCUT2D eigenvalue weighted by atomic mass is 32.2. The SMILES string of the molecule is CNC(=O)c1c(-c2ccc(F)cc2)oc2cc(N(C)S(C)(=O)=O)c(C3CCCN(C(=O)C(NC(=O)OC(C)(C)C)c4ccccc4F)C3)cc12. The van der Waals surface area contributed by atoms with Crippen LogP contribution in [0.1, 0.15) is 67.1 Å². The Kier molecular flexibility index (Phi) is 10.2. The number of carbonyl (C=O) groups excluding carboxylic acids is 3. The summed E-state index contributed by atoms with van der Waals surface area (Å²) in [4.78, 5) is 41.8. The molecular formula is C36H40F2N4O7S. The fourth-order valence-corrected chi connectivity index (χ4v) is 6.62. The van der Waals surface area contributed by atoms with Crippen LogP contribution in [-0.2, 0) is 19.6 Å². The van der Waals surface area contributed by atoms with Crippen LogP contribution >= 0.6 is 0 Å². The summed E-state index contributed by atoms with van der Waals surface area (Å²) in [6.45, 7) is 5.39. The van der Waals surface area contributed by atoms with Gasteiger partial charge in [-0.15, -0.1) is 0 Å². The molecule has 0 radical (unpaired) electrons. The highest BCUT2D eigenvalue weighted by Crippen LogP contribution is 2.42. The molecule has 1 aromatic heterocycles. The summed E-state index contributed by atoms with van der Waals surface area (Å²) in [6, 6.07) is 12.9. The zero-order valence-electron chi connectivity index (χ0n) is 28.7. The number of rotatable bonds is 8. The van der Waals surface area contributed by atoms with Crippen molar-refractivity contribution in [2.75, 3.05) is 37.7 Å². The van der Waals surface area contributed by atoms with Crippen molar-refractivity contribution in [3.05, 3.63) is 89.0 Å². The summed E-state index contributed by atoms with van der Waals surface area (Å²) in [5.74, 6) is -2.47. The number of alkyl carbamates (subject to hydrolysis) is 1. The van der Waals surface area contributed by atoms with Crippen molar-refractivity contribution in [3.8, 4) is 11.3 Å². The molecule has 1 saturated heterocycles. The van der Waals surface area contributed by atoms with Crippen molar-refractivity contribution in [1.29, 1.82) is 0 Å². The Morgan fingerprint density at radius 1 is 1.06 bits per heavy atom. The van der Waals surface area contributed by atoms with Gasteiger partial charge in [-0.2, -0.15) is 0 Å². The number of nitrogens with zero attached hydrogens (tertiary/aromatic N) is 2. The average Bonchev–Trinajstić information content (AvgIpc) is 3.43. The first-order valence-electron chi connectivity index (χ1n) is 16.0. The van der Waals surface area contributed by atoms with E-state index in [0.717, 1.165) is 10.6 Å². The maximum absolute atomic E-state index is 15.1. The molecular weight excluding hydrogens is 670 g/mol. The number of halogens is 2. The summed E-state index contributed by atoms with van der Waals surface area (Å²) in [7, 11) is -0.933. The molecule has 2 heterocycles. The molecule has 1 fully saturated rings. The van der Waals surface area contributed by atoms with Crippen molar-refractivity contribution in [1.82, 2.24) is 15.5 Å². The van der Waals surface area contributed by atoms with Crippen LogP contribution in [0.2, 0.25) is 0 Å². The summed E-state index contributed by atoms with van der Waals surface area (Å²) < 4.78 is 67.3. The van der Waals surface area contributed by atoms with Gasteiger partial charge in [-0.1, -0.05) is 18.2 Å². The molecule has 3 amide bonds. The van der Waals surface area contributed by atoms with Crippen molar-refractivity contribution in [3.63, 3.8) is 0 Å². The molecule has 50 heavy (non-hydrogen) atoms. The second-order valence-electron chi connectivity index (χ2n) is 13.3. The topological polar surface area (TPSA) is 138 Å². The predicted octanol–water partition coefficient (Wildman–Crippen LogP) is 6.11. The van der Waals surface area contributed by atoms with E-state index in [4.69, 9.17) is 9.15 Å². The lowest BCUT2D eigenvalue weighted by Crippen LogP contribution is -2.47. The number of amides is 3. The molecule has 2 atom stereocenters. The van der Waals surface area contributed by atoms with E-state index in [9.17, 15) is 27.2 Å². The van der Waals surface area contributed by atoms with Crippen LogP contribution in [0.3, 0.4) is 0 Å². The maximum atomic E-state index is 15.1. The molecule has 14 heteroatoms. The van der Waals surface area contributed by atoms with Crippen LogP contribution in [0.5, 0.6) is 0 Å². The minimum atomic E-state index is -3.79. The van der Waals surface area contributed by atoms with Crippen molar-refractivity contribution in [2.24, 2.45) is 0 Å². The zero-order valence-corrected chi connectivity index (χ0v) is 29.5. The molecule has 2 N–H and O–H groups in total. The van der Waals surface area contributed by atoms with E-state index < -0.39 is 57.1 Å². The minimum Gasteiger partial charge on any atom is -0.455 e. The van der Waals surface area contributed by atoms with Crippen molar-refractivity contribution >= 4 is 44.6 Å². The van der Waals surface area contributed by atoms with E-state index in [1.807, 2.05) is 0 Å². The van der Waals surface area contributed by atoms with Crippen LogP contribution in [0.4, 0.5) is 19.3 Å². The smallest absolute Gasteiger partial charge is 0.408 e. The van der Waals surface area contributed by atoms with Crippen molar-refractivity contribution < 1.29 is 40.7 Å². The number of nitrogens with one attached hydrogen (secondary N) is 2. The van der Waals surface area contributed by atoms with Gasteiger partial charge in [-0.05, 0) is 75.6 Å². The minimum absolute atomic E-state index is 0.0358. The zero-order chi connectivity index (χ0) is 36.5. The lowest BCUT2D eigenvalue weighted by molar-refractivity contribution is -0.135. The van der Waals surface area contributed by atoms with E-state index in [0.29, 0.717) is 35.9 Å². The fourth-order valence-electron chi connectivity index (χ4n) is 6.10. The lowest BCUT2D eigenvalue weighted by Gasteiger charge is -2.37. The normalized spacial score (nSPS) is 15.8. The van der Waals surface area contributed by atoms with Gasteiger partial charge in [-0.25, -0.2) is 22.0 Å². The first kappa shape index (κ1) is 36.3. The highest BCUT2D eigenvalue weighted by molar-refractivity contribution is 7.92. The maximum Gasteiger partial charge on any atom is 0.408 e. The highest BCUT2D eigenvalue weighted by Gasteiger charge is 2.36. The van der Waals surface area contributed by atoms with E-state index in [1.54, 1.807) is 32.9 Å². The second-order valence-corrected chi connectivity index (χ2v) is 15.3. The standard InChI is InChI=1S/C36H40F2N4O7S/c1-36(2,3)49-35(45)40-31(24-11-7-8-12-27(24)38)34(44)42-17-9-10-22(20-42)25-18-26-29(19-28(25)41(5)50(6,46)47)48-32(30(26)33(43)39-4)21-13-15-23(37)16-14-21/h7-8,11-16,18-19,22,31H,9-10,17,20H2,1-6H3,(H,39,43)(H,40,45). The van der Waals surface area contributed by atoms with Gasteiger partial charge in [0.05, 0.1) is 17.5 Å². The Morgan fingerprint density at radius 3 is 2.36 bits per heavy atom. The van der Waals surface area contributed by atoms with Gasteiger partial charge in [0.1, 0.15) is 34.6 Å². The first-order chi connectivity index (χ1) is 23.5. The van der Waals surface area contributed by atoms with Gasteiger partial charge in [0.2, 0.25) is 15.9 Å². The number of furan rings is 1. The molecule has 0 bridgehead atoms. The average molecular weight is 711 g/mol. The molecule has 5 rings (SSSR count). The number of hydrogen-bond donors (Lipinski definition) is 2. The van der Waals surface area contributed by atoms with Gasteiger partial charge >= 0.3 is 6.09 Å². The third-order valence-corrected chi connectivity index (χ3v) is 9.72. The number of piperidine rings is 1. The van der Waals surface area contributed by atoms with Crippen LogP contribution in [0, 0.1) is 11.6 Å². The molecule has 0 aliphatic carbocycles. The van der Waals surface area contributed by atoms with Gasteiger partial charge in [0.15, 0.2) is 0 Å². The van der Waals surface area contributed by atoms with E-state index in [1.165, 1.54) is 67.5 Å². The van der Waals surface area contributed by atoms with Gasteiger partial charge in [0.25, 0.3) is 5.91 Å². The Bertz CT molecular complexity index is 2040. The van der Waals surface area contributed by atoms with Gasteiger partial charge in [0, 0.05) is 55.7 Å². The number of fused-ring (bicyclic) bond motifs is 1. The summed E-state index contributed by atoms with van der Waals surface area (Å²) >= 11 is 0. The largest absolute Gasteiger partial charge is 0.455 e. The molecule has 3 aromatic carbocycles. The molecule has 266 valence electrons. The van der Waals surface area contributed by atoms with Crippen LogP contribution in [0.25, 0.3) is 22.3 Å². The number of likely N-dealkylation sites (tertiary alicyclic amines) is 1. The van der Waals surface area contributed by atoms with Crippen LogP contribution < -0.4 is 14.9 Å². The molecule has 1 aliphatic heterocycles. The number of carbonyl (C=O) groups is 3. The van der Waals surface area contributed by atoms with Crippen LogP contribution in [-0.4, -0.2) is 70.3 Å². The van der Waals surface area contributed by atoms with E-state index in [2.05, 4.69) is 10.6 Å². The third-order valence-electron chi connectivity index (χ3n) is 8.53. The molecule has 0 spiro atoms. The Labute approximate surface area is 289 Å². The fraction of sp³-hybridized carbons (Fsp3) is 0.361. The predicted molar refractivity (Wildman–Crippen MR) is 185 cm³/mol. The molecule has 2 unspecified atom stereocenters.